The van der Waals surface area contributed by atoms with Gasteiger partial charge in [0.15, 0.2) is 5.69 Å². The van der Waals surface area contributed by atoms with Crippen LogP contribution in [-0.2, 0) is 6.54 Å². The molecule has 0 bridgehead atoms. The van der Waals surface area contributed by atoms with Gasteiger partial charge in [0.05, 0.1) is 17.0 Å². The Kier molecular flexibility index (Phi) is 3.82. The van der Waals surface area contributed by atoms with Crippen molar-refractivity contribution in [3.63, 3.8) is 0 Å². The zero-order chi connectivity index (χ0) is 17.4. The molecule has 2 aromatic carbocycles. The molecule has 6 nitrogen and oxygen atoms in total. The van der Waals surface area contributed by atoms with E-state index in [0.717, 1.165) is 11.1 Å². The first-order valence-electron chi connectivity index (χ1n) is 8.12. The van der Waals surface area contributed by atoms with Gasteiger partial charge in [-0.2, -0.15) is 0 Å². The molecule has 1 unspecified atom stereocenters. The second-order valence-electron chi connectivity index (χ2n) is 6.20. The summed E-state index contributed by atoms with van der Waals surface area (Å²) in [5, 5.41) is 15.3. The fraction of sp³-hybridized carbons (Fsp3) is 0.211. The van der Waals surface area contributed by atoms with Crippen LogP contribution in [-0.4, -0.2) is 15.0 Å². The van der Waals surface area contributed by atoms with Crippen molar-refractivity contribution in [1.29, 1.82) is 0 Å². The van der Waals surface area contributed by atoms with Crippen molar-refractivity contribution < 1.29 is 9.45 Å². The van der Waals surface area contributed by atoms with Crippen molar-refractivity contribution in [3.8, 4) is 0 Å². The molecular weight excluding hydrogens is 318 g/mol. The first-order valence-corrected chi connectivity index (χ1v) is 8.12. The molecule has 126 valence electrons. The van der Waals surface area contributed by atoms with E-state index in [-0.39, 0.29) is 17.8 Å². The Balaban J connectivity index is 1.70. The molecule has 0 radical (unpaired) electrons. The number of benzene rings is 2. The summed E-state index contributed by atoms with van der Waals surface area (Å²) in [7, 11) is 0. The van der Waals surface area contributed by atoms with Crippen molar-refractivity contribution in [2.24, 2.45) is 0 Å². The molecule has 0 N–H and O–H groups in total. The molecule has 1 aliphatic heterocycles. The van der Waals surface area contributed by atoms with Gasteiger partial charge in [-0.3, -0.25) is 15.0 Å². The molecule has 0 aliphatic carbocycles. The first-order chi connectivity index (χ1) is 12.2. The highest BCUT2D eigenvalue weighted by Crippen LogP contribution is 2.57. The Labute approximate surface area is 144 Å². The molecule has 3 atom stereocenters. The molecule has 3 aromatic rings. The molecule has 2 heterocycles. The molecule has 4 rings (SSSR count). The van der Waals surface area contributed by atoms with Crippen molar-refractivity contribution in [2.45, 2.75) is 25.6 Å². The maximum atomic E-state index is 11.4. The Morgan fingerprint density at radius 3 is 2.36 bits per heavy atom. The highest BCUT2D eigenvalue weighted by molar-refractivity contribution is 5.44. The van der Waals surface area contributed by atoms with E-state index in [9.17, 15) is 10.1 Å². The smallest absolute Gasteiger partial charge is 0.336 e. The van der Waals surface area contributed by atoms with Gasteiger partial charge < -0.3 is 4.52 Å². The Hall–Kier alpha value is -2.99. The lowest BCUT2D eigenvalue weighted by atomic mass is 10.1. The van der Waals surface area contributed by atoms with Gasteiger partial charge in [-0.05, 0) is 18.1 Å². The summed E-state index contributed by atoms with van der Waals surface area (Å²) in [6.45, 7) is 2.30. The number of nitro groups is 1. The summed E-state index contributed by atoms with van der Waals surface area (Å²) in [6, 6.07) is 19.9. The quantitative estimate of drug-likeness (QED) is 0.397. The van der Waals surface area contributed by atoms with Crippen LogP contribution in [0, 0.1) is 17.0 Å². The molecule has 1 saturated heterocycles. The highest BCUT2D eigenvalue weighted by atomic mass is 16.6. The molecule has 0 spiro atoms. The minimum Gasteiger partial charge on any atom is -0.352 e. The summed E-state index contributed by atoms with van der Waals surface area (Å²) in [4.78, 5) is 13.2. The van der Waals surface area contributed by atoms with Crippen LogP contribution in [0.4, 0.5) is 5.69 Å². The number of aromatic nitrogens is 1. The van der Waals surface area contributed by atoms with E-state index >= 15 is 0 Å². The fourth-order valence-corrected chi connectivity index (χ4v) is 3.38. The third-order valence-electron chi connectivity index (χ3n) is 4.58. The lowest BCUT2D eigenvalue weighted by Crippen LogP contribution is -2.00. The number of nitrogens with zero attached hydrogens (tertiary/aromatic N) is 3. The predicted molar refractivity (Wildman–Crippen MR) is 91.8 cm³/mol. The molecule has 25 heavy (non-hydrogen) atoms. The SMILES string of the molecule is Cc1noc([C@@H]2[C@H](c3ccccc3)N2Cc2ccccc2)c1[N+](=O)[O-]. The maximum absolute atomic E-state index is 11.4. The molecule has 1 fully saturated rings. The molecular formula is C19H17N3O3. The highest BCUT2D eigenvalue weighted by Gasteiger charge is 2.54. The van der Waals surface area contributed by atoms with Gasteiger partial charge in [-0.1, -0.05) is 65.8 Å². The van der Waals surface area contributed by atoms with Crippen LogP contribution in [0.2, 0.25) is 0 Å². The van der Waals surface area contributed by atoms with E-state index < -0.39 is 4.92 Å². The number of rotatable bonds is 5. The van der Waals surface area contributed by atoms with Gasteiger partial charge in [0.1, 0.15) is 0 Å². The van der Waals surface area contributed by atoms with Gasteiger partial charge >= 0.3 is 5.69 Å². The second kappa shape index (κ2) is 6.14. The monoisotopic (exact) mass is 335 g/mol. The number of hydrogen-bond donors (Lipinski definition) is 0. The van der Waals surface area contributed by atoms with Crippen molar-refractivity contribution in [2.75, 3.05) is 0 Å². The summed E-state index contributed by atoms with van der Waals surface area (Å²) in [5.74, 6) is 0.340. The molecule has 0 amide bonds. The van der Waals surface area contributed by atoms with E-state index in [1.54, 1.807) is 6.92 Å². The van der Waals surface area contributed by atoms with E-state index in [4.69, 9.17) is 4.52 Å². The fourth-order valence-electron chi connectivity index (χ4n) is 3.38. The van der Waals surface area contributed by atoms with Crippen molar-refractivity contribution >= 4 is 5.69 Å². The maximum Gasteiger partial charge on any atom is 0.336 e. The zero-order valence-corrected chi connectivity index (χ0v) is 13.7. The third-order valence-corrected chi connectivity index (χ3v) is 4.58. The standard InChI is InChI=1S/C19H17N3O3/c1-13-16(22(23)24)19(25-20-13)18-17(15-10-6-3-7-11-15)21(18)12-14-8-4-2-5-9-14/h2-11,17-18H,12H2,1H3/t17-,18-,21?/m0/s1. The van der Waals surface area contributed by atoms with Crippen LogP contribution in [0.25, 0.3) is 0 Å². The Morgan fingerprint density at radius 2 is 1.72 bits per heavy atom. The minimum absolute atomic E-state index is 0.0125. The average Bonchev–Trinajstić information content (AvgIpc) is 3.19. The Morgan fingerprint density at radius 1 is 1.08 bits per heavy atom. The van der Waals surface area contributed by atoms with Crippen LogP contribution >= 0.6 is 0 Å². The minimum atomic E-state index is -0.401. The summed E-state index contributed by atoms with van der Waals surface area (Å²) >= 11 is 0. The van der Waals surface area contributed by atoms with Crippen LogP contribution in [0.1, 0.15) is 34.7 Å². The van der Waals surface area contributed by atoms with Gasteiger partial charge in [0, 0.05) is 6.54 Å². The predicted octanol–water partition coefficient (Wildman–Crippen LogP) is 4.19. The average molecular weight is 335 g/mol. The Bertz CT molecular complexity index is 893. The summed E-state index contributed by atoms with van der Waals surface area (Å²) < 4.78 is 5.37. The van der Waals surface area contributed by atoms with Gasteiger partial charge in [-0.25, -0.2) is 0 Å². The number of hydrogen-bond acceptors (Lipinski definition) is 5. The van der Waals surface area contributed by atoms with Gasteiger partial charge in [0.25, 0.3) is 0 Å². The van der Waals surface area contributed by atoms with Crippen molar-refractivity contribution in [3.05, 3.63) is 93.4 Å². The third kappa shape index (κ3) is 2.81. The first kappa shape index (κ1) is 15.5. The van der Waals surface area contributed by atoms with Crippen LogP contribution in [0.15, 0.2) is 65.2 Å². The topological polar surface area (TPSA) is 72.2 Å². The molecule has 0 saturated carbocycles. The molecule has 6 heteroatoms. The van der Waals surface area contributed by atoms with Crippen LogP contribution < -0.4 is 0 Å². The van der Waals surface area contributed by atoms with Gasteiger partial charge in [-0.15, -0.1) is 0 Å². The molecule has 1 aromatic heterocycles. The largest absolute Gasteiger partial charge is 0.352 e. The summed E-state index contributed by atoms with van der Waals surface area (Å²) in [5.41, 5.74) is 2.58. The van der Waals surface area contributed by atoms with Crippen molar-refractivity contribution in [1.82, 2.24) is 10.1 Å². The van der Waals surface area contributed by atoms with Crippen LogP contribution in [0.3, 0.4) is 0 Å². The van der Waals surface area contributed by atoms with E-state index in [0.29, 0.717) is 18.0 Å². The molecule has 1 aliphatic rings. The summed E-state index contributed by atoms with van der Waals surface area (Å²) in [6.07, 6.45) is 0. The normalized spacial score (nSPS) is 21.9. The number of aryl methyl sites for hydroxylation is 1. The second-order valence-corrected chi connectivity index (χ2v) is 6.20. The lowest BCUT2D eigenvalue weighted by molar-refractivity contribution is -0.386. The van der Waals surface area contributed by atoms with E-state index in [1.807, 2.05) is 48.5 Å². The van der Waals surface area contributed by atoms with E-state index in [2.05, 4.69) is 22.2 Å². The zero-order valence-electron chi connectivity index (χ0n) is 13.7. The van der Waals surface area contributed by atoms with E-state index in [1.165, 1.54) is 0 Å². The lowest BCUT2D eigenvalue weighted by Gasteiger charge is -2.04. The van der Waals surface area contributed by atoms with Crippen LogP contribution in [0.5, 0.6) is 0 Å². The van der Waals surface area contributed by atoms with Gasteiger partial charge in [0.2, 0.25) is 5.76 Å².